The molecule has 1 fully saturated rings. The van der Waals surface area contributed by atoms with Gasteiger partial charge in [-0.25, -0.2) is 0 Å². The van der Waals surface area contributed by atoms with Crippen LogP contribution in [-0.4, -0.2) is 24.0 Å². The quantitative estimate of drug-likeness (QED) is 0.650. The molecule has 0 saturated heterocycles. The highest BCUT2D eigenvalue weighted by atomic mass is 15.2. The van der Waals surface area contributed by atoms with Crippen LogP contribution in [0, 0.1) is 5.92 Å². The average molecular weight is 197 g/mol. The van der Waals surface area contributed by atoms with Crippen LogP contribution < -0.4 is 0 Å². The Kier molecular flexibility index (Phi) is 4.43. The lowest BCUT2D eigenvalue weighted by Crippen LogP contribution is -2.42. The molecule has 0 N–H and O–H groups in total. The number of hydrogen-bond acceptors (Lipinski definition) is 1. The van der Waals surface area contributed by atoms with Crippen LogP contribution in [0.2, 0.25) is 0 Å². The maximum Gasteiger partial charge on any atom is 0.0181 e. The fourth-order valence-corrected chi connectivity index (χ4v) is 2.70. The Morgan fingerprint density at radius 1 is 1.36 bits per heavy atom. The Labute approximate surface area is 89.9 Å². The van der Waals surface area contributed by atoms with Crippen LogP contribution in [0.5, 0.6) is 0 Å². The summed E-state index contributed by atoms with van der Waals surface area (Å²) in [7, 11) is 2.31. The van der Waals surface area contributed by atoms with Crippen LogP contribution in [0.1, 0.15) is 59.3 Å². The second-order valence-corrected chi connectivity index (χ2v) is 5.29. The van der Waals surface area contributed by atoms with Crippen LogP contribution in [-0.2, 0) is 0 Å². The van der Waals surface area contributed by atoms with Crippen molar-refractivity contribution in [2.75, 3.05) is 13.6 Å². The summed E-state index contributed by atoms with van der Waals surface area (Å²) in [6.45, 7) is 8.35. The summed E-state index contributed by atoms with van der Waals surface area (Å²) in [5.74, 6) is 0.990. The predicted molar refractivity (Wildman–Crippen MR) is 63.6 cm³/mol. The third-order valence-corrected chi connectivity index (χ3v) is 4.17. The van der Waals surface area contributed by atoms with Crippen LogP contribution in [0.3, 0.4) is 0 Å². The molecule has 0 bridgehead atoms. The maximum atomic E-state index is 2.60. The van der Waals surface area contributed by atoms with Crippen molar-refractivity contribution in [1.29, 1.82) is 0 Å². The van der Waals surface area contributed by atoms with Gasteiger partial charge in [-0.2, -0.15) is 0 Å². The Hall–Kier alpha value is -0.0400. The van der Waals surface area contributed by atoms with E-state index in [9.17, 15) is 0 Å². The summed E-state index contributed by atoms with van der Waals surface area (Å²) in [4.78, 5) is 2.60. The minimum Gasteiger partial charge on any atom is -0.301 e. The molecular weight excluding hydrogens is 170 g/mol. The van der Waals surface area contributed by atoms with Gasteiger partial charge in [-0.3, -0.25) is 0 Å². The van der Waals surface area contributed by atoms with Crippen molar-refractivity contribution in [1.82, 2.24) is 4.90 Å². The van der Waals surface area contributed by atoms with Crippen LogP contribution >= 0.6 is 0 Å². The molecule has 2 atom stereocenters. The van der Waals surface area contributed by atoms with Gasteiger partial charge in [0.15, 0.2) is 0 Å². The second kappa shape index (κ2) is 5.16. The van der Waals surface area contributed by atoms with E-state index in [1.54, 1.807) is 0 Å². The molecule has 0 aliphatic heterocycles. The van der Waals surface area contributed by atoms with E-state index >= 15 is 0 Å². The van der Waals surface area contributed by atoms with Crippen molar-refractivity contribution in [2.24, 2.45) is 5.92 Å². The first-order valence-electron chi connectivity index (χ1n) is 6.33. The zero-order valence-electron chi connectivity index (χ0n) is 10.5. The predicted octanol–water partition coefficient (Wildman–Crippen LogP) is 3.69. The molecule has 14 heavy (non-hydrogen) atoms. The smallest absolute Gasteiger partial charge is 0.0181 e. The molecule has 0 amide bonds. The number of unbranched alkanes of at least 4 members (excludes halogenated alkanes) is 1. The van der Waals surface area contributed by atoms with Gasteiger partial charge in [0.1, 0.15) is 0 Å². The van der Waals surface area contributed by atoms with Crippen LogP contribution in [0.15, 0.2) is 0 Å². The normalized spacial score (nSPS) is 32.8. The largest absolute Gasteiger partial charge is 0.301 e. The first-order valence-corrected chi connectivity index (χ1v) is 6.33. The van der Waals surface area contributed by atoms with Crippen molar-refractivity contribution in [3.63, 3.8) is 0 Å². The van der Waals surface area contributed by atoms with Gasteiger partial charge in [0.25, 0.3) is 0 Å². The van der Waals surface area contributed by atoms with Gasteiger partial charge >= 0.3 is 0 Å². The van der Waals surface area contributed by atoms with Gasteiger partial charge in [0.05, 0.1) is 0 Å². The number of nitrogens with zero attached hydrogens (tertiary/aromatic N) is 1. The first-order chi connectivity index (χ1) is 6.62. The van der Waals surface area contributed by atoms with Crippen molar-refractivity contribution >= 4 is 0 Å². The SMILES string of the molecule is CCCCN(C)C1(C)CCC(CC)C1. The summed E-state index contributed by atoms with van der Waals surface area (Å²) in [5, 5.41) is 0. The lowest BCUT2D eigenvalue weighted by Gasteiger charge is -2.36. The van der Waals surface area contributed by atoms with E-state index in [-0.39, 0.29) is 0 Å². The van der Waals surface area contributed by atoms with Gasteiger partial charge < -0.3 is 4.90 Å². The molecule has 84 valence electrons. The fraction of sp³-hybridized carbons (Fsp3) is 1.00. The molecule has 1 aliphatic carbocycles. The highest BCUT2D eigenvalue weighted by Gasteiger charge is 2.36. The molecule has 0 heterocycles. The Morgan fingerprint density at radius 3 is 2.57 bits per heavy atom. The van der Waals surface area contributed by atoms with Gasteiger partial charge in [0, 0.05) is 5.54 Å². The third-order valence-electron chi connectivity index (χ3n) is 4.17. The molecule has 0 aromatic heterocycles. The van der Waals surface area contributed by atoms with E-state index in [4.69, 9.17) is 0 Å². The summed E-state index contributed by atoms with van der Waals surface area (Å²) in [6.07, 6.45) is 8.32. The third kappa shape index (κ3) is 2.73. The highest BCUT2D eigenvalue weighted by molar-refractivity contribution is 4.92. The molecule has 0 aromatic carbocycles. The monoisotopic (exact) mass is 197 g/mol. The zero-order valence-corrected chi connectivity index (χ0v) is 10.5. The molecule has 1 saturated carbocycles. The standard InChI is InChI=1S/C13H27N/c1-5-7-10-14(4)13(3)9-8-12(6-2)11-13/h12H,5-11H2,1-4H3. The molecule has 1 aliphatic rings. The van der Waals surface area contributed by atoms with Crippen LogP contribution in [0.25, 0.3) is 0 Å². The number of rotatable bonds is 5. The highest BCUT2D eigenvalue weighted by Crippen LogP contribution is 2.39. The summed E-state index contributed by atoms with van der Waals surface area (Å²) < 4.78 is 0. The molecule has 1 rings (SSSR count). The summed E-state index contributed by atoms with van der Waals surface area (Å²) in [6, 6.07) is 0. The Balaban J connectivity index is 2.41. The fourth-order valence-electron chi connectivity index (χ4n) is 2.70. The molecule has 1 heteroatoms. The van der Waals surface area contributed by atoms with E-state index < -0.39 is 0 Å². The van der Waals surface area contributed by atoms with Crippen molar-refractivity contribution in [3.05, 3.63) is 0 Å². The van der Waals surface area contributed by atoms with Gasteiger partial charge in [-0.05, 0) is 52.1 Å². The minimum atomic E-state index is 0.510. The summed E-state index contributed by atoms with van der Waals surface area (Å²) >= 11 is 0. The maximum absolute atomic E-state index is 2.60. The first kappa shape index (κ1) is 12.0. The van der Waals surface area contributed by atoms with E-state index in [1.165, 1.54) is 45.1 Å². The van der Waals surface area contributed by atoms with Crippen LogP contribution in [0.4, 0.5) is 0 Å². The topological polar surface area (TPSA) is 3.24 Å². The van der Waals surface area contributed by atoms with E-state index in [0.717, 1.165) is 5.92 Å². The van der Waals surface area contributed by atoms with E-state index in [1.807, 2.05) is 0 Å². The molecule has 0 aromatic rings. The Morgan fingerprint density at radius 2 is 2.07 bits per heavy atom. The van der Waals surface area contributed by atoms with Gasteiger partial charge in [-0.1, -0.05) is 26.7 Å². The van der Waals surface area contributed by atoms with Gasteiger partial charge in [0.2, 0.25) is 0 Å². The van der Waals surface area contributed by atoms with Crippen molar-refractivity contribution < 1.29 is 0 Å². The molecular formula is C13H27N. The van der Waals surface area contributed by atoms with Crippen molar-refractivity contribution in [2.45, 2.75) is 64.8 Å². The lowest BCUT2D eigenvalue weighted by atomic mass is 9.95. The average Bonchev–Trinajstić information content (AvgIpc) is 2.58. The molecule has 0 spiro atoms. The van der Waals surface area contributed by atoms with E-state index in [0.29, 0.717) is 5.54 Å². The molecule has 0 radical (unpaired) electrons. The molecule has 2 unspecified atom stereocenters. The zero-order chi connectivity index (χ0) is 10.6. The van der Waals surface area contributed by atoms with Gasteiger partial charge in [-0.15, -0.1) is 0 Å². The summed E-state index contributed by atoms with van der Waals surface area (Å²) in [5.41, 5.74) is 0.510. The lowest BCUT2D eigenvalue weighted by molar-refractivity contribution is 0.136. The Bertz CT molecular complexity index is 167. The second-order valence-electron chi connectivity index (χ2n) is 5.29. The minimum absolute atomic E-state index is 0.510. The van der Waals surface area contributed by atoms with Crippen molar-refractivity contribution in [3.8, 4) is 0 Å². The molecule has 1 nitrogen and oxygen atoms in total. The number of hydrogen-bond donors (Lipinski definition) is 0. The van der Waals surface area contributed by atoms with E-state index in [2.05, 4.69) is 32.7 Å².